The van der Waals surface area contributed by atoms with Gasteiger partial charge in [0.05, 0.1) is 0 Å². The minimum Gasteiger partial charge on any atom is -0.550 e. The zero-order valence-corrected chi connectivity index (χ0v) is 8.14. The van der Waals surface area contributed by atoms with Gasteiger partial charge in [0, 0.05) is 23.2 Å². The minimum absolute atomic E-state index is 0.108. The maximum absolute atomic E-state index is 10.7. The Hall–Kier alpha value is -1.13. The monoisotopic (exact) mass is 200 g/mol. The molecule has 14 heavy (non-hydrogen) atoms. The summed E-state index contributed by atoms with van der Waals surface area (Å²) in [4.78, 5) is 20.8. The molecule has 3 atom stereocenters. The molecule has 0 unspecified atom stereocenters. The summed E-state index contributed by atoms with van der Waals surface area (Å²) >= 11 is 0. The van der Waals surface area contributed by atoms with Crippen LogP contribution in [0.1, 0.15) is 32.6 Å². The van der Waals surface area contributed by atoms with E-state index >= 15 is 0 Å². The zero-order valence-electron chi connectivity index (χ0n) is 8.14. The minimum atomic E-state index is -1.18. The first kappa shape index (κ1) is 10.9. The van der Waals surface area contributed by atoms with Crippen molar-refractivity contribution in [2.45, 2.75) is 38.6 Å². The molecule has 0 aromatic carbocycles. The highest BCUT2D eigenvalue weighted by molar-refractivity contribution is 5.64. The molecular formula is C9H14NO4-. The van der Waals surface area contributed by atoms with Crippen LogP contribution < -0.4 is 5.11 Å². The summed E-state index contributed by atoms with van der Waals surface area (Å²) in [6, 6.07) is -0.698. The molecule has 1 rings (SSSR count). The van der Waals surface area contributed by atoms with Crippen LogP contribution in [0, 0.1) is 22.0 Å². The second-order valence-corrected chi connectivity index (χ2v) is 4.00. The molecule has 80 valence electrons. The van der Waals surface area contributed by atoms with Crippen molar-refractivity contribution in [1.82, 2.24) is 0 Å². The van der Waals surface area contributed by atoms with Crippen LogP contribution in [0.25, 0.3) is 0 Å². The van der Waals surface area contributed by atoms with Gasteiger partial charge < -0.3 is 9.90 Å². The van der Waals surface area contributed by atoms with Crippen LogP contribution in [0.15, 0.2) is 0 Å². The van der Waals surface area contributed by atoms with E-state index in [2.05, 4.69) is 0 Å². The number of nitro groups is 1. The average molecular weight is 200 g/mol. The SMILES string of the molecule is C[C@@H]1CCC[C@@H]([N+](=O)[O-])[C@@H]1CC(=O)[O-]. The van der Waals surface area contributed by atoms with Gasteiger partial charge in [0.15, 0.2) is 0 Å². The summed E-state index contributed by atoms with van der Waals surface area (Å²) in [7, 11) is 0. The van der Waals surface area contributed by atoms with E-state index in [0.29, 0.717) is 6.42 Å². The number of rotatable bonds is 3. The Morgan fingerprint density at radius 3 is 2.64 bits per heavy atom. The van der Waals surface area contributed by atoms with Crippen LogP contribution in [-0.2, 0) is 4.79 Å². The number of carbonyl (C=O) groups is 1. The molecule has 0 amide bonds. The van der Waals surface area contributed by atoms with E-state index in [1.807, 2.05) is 6.92 Å². The van der Waals surface area contributed by atoms with Crippen molar-refractivity contribution in [3.05, 3.63) is 10.1 Å². The Balaban J connectivity index is 2.70. The Kier molecular flexibility index (Phi) is 3.43. The van der Waals surface area contributed by atoms with E-state index in [0.717, 1.165) is 12.8 Å². The first-order valence-electron chi connectivity index (χ1n) is 4.85. The van der Waals surface area contributed by atoms with Crippen molar-refractivity contribution in [2.75, 3.05) is 0 Å². The Morgan fingerprint density at radius 1 is 1.50 bits per heavy atom. The number of carboxylic acid groups (broad SMARTS) is 1. The van der Waals surface area contributed by atoms with Crippen molar-refractivity contribution in [1.29, 1.82) is 0 Å². The van der Waals surface area contributed by atoms with Gasteiger partial charge in [-0.05, 0) is 25.2 Å². The Morgan fingerprint density at radius 2 is 2.14 bits per heavy atom. The molecule has 1 aliphatic rings. The lowest BCUT2D eigenvalue weighted by atomic mass is 9.75. The van der Waals surface area contributed by atoms with E-state index < -0.39 is 12.0 Å². The fourth-order valence-electron chi connectivity index (χ4n) is 2.25. The molecular weight excluding hydrogens is 186 g/mol. The van der Waals surface area contributed by atoms with Crippen LogP contribution in [0.2, 0.25) is 0 Å². The predicted molar refractivity (Wildman–Crippen MR) is 46.9 cm³/mol. The van der Waals surface area contributed by atoms with E-state index in [9.17, 15) is 20.0 Å². The molecule has 1 saturated carbocycles. The fraction of sp³-hybridized carbons (Fsp3) is 0.889. The smallest absolute Gasteiger partial charge is 0.216 e. The molecule has 0 bridgehead atoms. The van der Waals surface area contributed by atoms with Crippen LogP contribution in [-0.4, -0.2) is 16.9 Å². The molecule has 0 spiro atoms. The van der Waals surface area contributed by atoms with Crippen LogP contribution >= 0.6 is 0 Å². The number of carboxylic acids is 1. The van der Waals surface area contributed by atoms with Crippen molar-refractivity contribution < 1.29 is 14.8 Å². The van der Waals surface area contributed by atoms with Gasteiger partial charge in [-0.3, -0.25) is 10.1 Å². The van der Waals surface area contributed by atoms with Crippen molar-refractivity contribution in [2.24, 2.45) is 11.8 Å². The first-order chi connectivity index (χ1) is 6.52. The summed E-state index contributed by atoms with van der Waals surface area (Å²) < 4.78 is 0. The summed E-state index contributed by atoms with van der Waals surface area (Å²) in [6.45, 7) is 1.88. The number of hydrogen-bond acceptors (Lipinski definition) is 4. The maximum Gasteiger partial charge on any atom is 0.216 e. The molecule has 5 heteroatoms. The molecule has 1 aliphatic carbocycles. The van der Waals surface area contributed by atoms with Crippen molar-refractivity contribution in [3.63, 3.8) is 0 Å². The molecule has 0 radical (unpaired) electrons. The van der Waals surface area contributed by atoms with Gasteiger partial charge in [-0.1, -0.05) is 6.92 Å². The first-order valence-corrected chi connectivity index (χ1v) is 4.85. The molecule has 0 aliphatic heterocycles. The average Bonchev–Trinajstić information content (AvgIpc) is 2.07. The zero-order chi connectivity index (χ0) is 10.7. The van der Waals surface area contributed by atoms with Gasteiger partial charge in [-0.15, -0.1) is 0 Å². The molecule has 0 aromatic rings. The van der Waals surface area contributed by atoms with Gasteiger partial charge in [0.25, 0.3) is 0 Å². The highest BCUT2D eigenvalue weighted by Crippen LogP contribution is 2.33. The van der Waals surface area contributed by atoms with Gasteiger partial charge in [0.2, 0.25) is 6.04 Å². The predicted octanol–water partition coefficient (Wildman–Crippen LogP) is 0.208. The van der Waals surface area contributed by atoms with Gasteiger partial charge in [-0.2, -0.15) is 0 Å². The fourth-order valence-corrected chi connectivity index (χ4v) is 2.25. The highest BCUT2D eigenvalue weighted by Gasteiger charge is 2.38. The van der Waals surface area contributed by atoms with Crippen LogP contribution in [0.5, 0.6) is 0 Å². The molecule has 0 aromatic heterocycles. The summed E-state index contributed by atoms with van der Waals surface area (Å²) in [5, 5.41) is 21.1. The third kappa shape index (κ3) is 2.43. The Bertz CT molecular complexity index is 241. The van der Waals surface area contributed by atoms with Gasteiger partial charge in [-0.25, -0.2) is 0 Å². The number of nitrogens with zero attached hydrogens (tertiary/aromatic N) is 1. The normalized spacial score (nSPS) is 32.5. The largest absolute Gasteiger partial charge is 0.550 e. The lowest BCUT2D eigenvalue weighted by Crippen LogP contribution is -2.40. The number of aliphatic carboxylic acids is 1. The standard InChI is InChI=1S/C9H15NO4/c1-6-3-2-4-8(10(13)14)7(6)5-9(11)12/h6-8H,2-5H2,1H3,(H,11,12)/p-1/t6-,7-,8-/m1/s1. The molecule has 0 N–H and O–H groups in total. The topological polar surface area (TPSA) is 83.3 Å². The summed E-state index contributed by atoms with van der Waals surface area (Å²) in [5.41, 5.74) is 0. The molecule has 1 fully saturated rings. The molecule has 0 heterocycles. The number of carbonyl (C=O) groups excluding carboxylic acids is 1. The third-order valence-electron chi connectivity index (χ3n) is 3.06. The van der Waals surface area contributed by atoms with E-state index in [1.54, 1.807) is 0 Å². The second kappa shape index (κ2) is 4.39. The van der Waals surface area contributed by atoms with Gasteiger partial charge in [0.1, 0.15) is 0 Å². The van der Waals surface area contributed by atoms with Crippen LogP contribution in [0.3, 0.4) is 0 Å². The van der Waals surface area contributed by atoms with Crippen LogP contribution in [0.4, 0.5) is 0 Å². The van der Waals surface area contributed by atoms with Crippen molar-refractivity contribution >= 4 is 5.97 Å². The Labute approximate surface area is 82.3 Å². The molecule has 0 saturated heterocycles. The van der Waals surface area contributed by atoms with E-state index in [1.165, 1.54) is 0 Å². The summed E-state index contributed by atoms with van der Waals surface area (Å²) in [5.74, 6) is -1.43. The second-order valence-electron chi connectivity index (χ2n) is 4.00. The number of hydrogen-bond donors (Lipinski definition) is 0. The van der Waals surface area contributed by atoms with Crippen molar-refractivity contribution in [3.8, 4) is 0 Å². The molecule has 5 nitrogen and oxygen atoms in total. The van der Waals surface area contributed by atoms with E-state index in [4.69, 9.17) is 0 Å². The lowest BCUT2D eigenvalue weighted by molar-refractivity contribution is -0.538. The maximum atomic E-state index is 10.7. The lowest BCUT2D eigenvalue weighted by Gasteiger charge is -2.31. The van der Waals surface area contributed by atoms with E-state index in [-0.39, 0.29) is 23.2 Å². The highest BCUT2D eigenvalue weighted by atomic mass is 16.6. The third-order valence-corrected chi connectivity index (χ3v) is 3.06. The quantitative estimate of drug-likeness (QED) is 0.481. The summed E-state index contributed by atoms with van der Waals surface area (Å²) in [6.07, 6.45) is 2.00. The van der Waals surface area contributed by atoms with Gasteiger partial charge >= 0.3 is 0 Å².